The Morgan fingerprint density at radius 3 is 3.05 bits per heavy atom. The van der Waals surface area contributed by atoms with Crippen molar-refractivity contribution in [1.29, 1.82) is 0 Å². The van der Waals surface area contributed by atoms with Gasteiger partial charge in [0.05, 0.1) is 18.8 Å². The van der Waals surface area contributed by atoms with Crippen LogP contribution in [0.2, 0.25) is 0 Å². The van der Waals surface area contributed by atoms with Gasteiger partial charge in [-0.15, -0.1) is 0 Å². The Bertz CT molecular complexity index is 499. The molecule has 0 aromatic carbocycles. The number of nitrogens with zero attached hydrogens (tertiary/aromatic N) is 3. The number of imide groups is 1. The molecule has 0 aromatic rings. The third kappa shape index (κ3) is 2.97. The zero-order chi connectivity index (χ0) is 14.7. The summed E-state index contributed by atoms with van der Waals surface area (Å²) in [7, 11) is 0. The topological polar surface area (TPSA) is 136 Å². The van der Waals surface area contributed by atoms with Gasteiger partial charge < -0.3 is 9.84 Å². The molecule has 108 valence electrons. The summed E-state index contributed by atoms with van der Waals surface area (Å²) in [6, 6.07) is -1.18. The van der Waals surface area contributed by atoms with E-state index in [1.165, 1.54) is 6.08 Å². The molecule has 0 bridgehead atoms. The van der Waals surface area contributed by atoms with Crippen molar-refractivity contribution in [2.75, 3.05) is 6.61 Å². The first-order valence-corrected chi connectivity index (χ1v) is 6.15. The summed E-state index contributed by atoms with van der Waals surface area (Å²) in [5.41, 5.74) is 8.88. The summed E-state index contributed by atoms with van der Waals surface area (Å²) in [5.74, 6) is -0.877. The Balaban J connectivity index is 2.02. The lowest BCUT2D eigenvalue weighted by Gasteiger charge is -2.23. The number of hydrogen-bond donors (Lipinski definition) is 3. The number of aliphatic hydroxyl groups excluding tert-OH is 1. The van der Waals surface area contributed by atoms with E-state index in [0.29, 0.717) is 12.0 Å². The van der Waals surface area contributed by atoms with Crippen molar-refractivity contribution in [3.8, 4) is 0 Å². The van der Waals surface area contributed by atoms with Gasteiger partial charge in [0.2, 0.25) is 5.91 Å². The fourth-order valence-corrected chi connectivity index (χ4v) is 2.20. The number of azide groups is 1. The molecule has 2 rings (SSSR count). The van der Waals surface area contributed by atoms with E-state index in [-0.39, 0.29) is 6.61 Å². The SMILES string of the molecule is CC1=C[C@@H](NC2CC(N=[N+]=[N-])C(CO)O2)C(=O)NC1=O. The van der Waals surface area contributed by atoms with Crippen LogP contribution < -0.4 is 10.6 Å². The van der Waals surface area contributed by atoms with Gasteiger partial charge >= 0.3 is 0 Å². The lowest BCUT2D eigenvalue weighted by atomic mass is 10.1. The van der Waals surface area contributed by atoms with E-state index in [0.717, 1.165) is 0 Å². The van der Waals surface area contributed by atoms with Gasteiger partial charge in [-0.25, -0.2) is 0 Å². The molecule has 2 aliphatic rings. The fraction of sp³-hybridized carbons (Fsp3) is 0.636. The highest BCUT2D eigenvalue weighted by Gasteiger charge is 2.36. The van der Waals surface area contributed by atoms with Crippen molar-refractivity contribution in [2.24, 2.45) is 5.11 Å². The van der Waals surface area contributed by atoms with Crippen molar-refractivity contribution in [1.82, 2.24) is 10.6 Å². The maximum Gasteiger partial charge on any atom is 0.253 e. The minimum Gasteiger partial charge on any atom is -0.394 e. The first-order chi connectivity index (χ1) is 9.55. The van der Waals surface area contributed by atoms with Gasteiger partial charge in [0.1, 0.15) is 12.3 Å². The van der Waals surface area contributed by atoms with Crippen molar-refractivity contribution in [3.05, 3.63) is 22.1 Å². The molecular formula is C11H15N5O4. The molecular weight excluding hydrogens is 266 g/mol. The molecule has 3 unspecified atom stereocenters. The fourth-order valence-electron chi connectivity index (χ4n) is 2.20. The van der Waals surface area contributed by atoms with Crippen LogP contribution in [0.15, 0.2) is 16.8 Å². The summed E-state index contributed by atoms with van der Waals surface area (Å²) in [6.07, 6.45) is 0.733. The molecule has 0 radical (unpaired) electrons. The number of carbonyl (C=O) groups excluding carboxylic acids is 2. The average molecular weight is 281 g/mol. The number of aliphatic hydroxyl groups is 1. The maximum absolute atomic E-state index is 11.7. The Morgan fingerprint density at radius 1 is 1.65 bits per heavy atom. The number of amides is 2. The summed E-state index contributed by atoms with van der Waals surface area (Å²) in [6.45, 7) is 1.33. The average Bonchev–Trinajstić information content (AvgIpc) is 2.78. The quantitative estimate of drug-likeness (QED) is 0.272. The molecule has 2 amide bonds. The summed E-state index contributed by atoms with van der Waals surface area (Å²) < 4.78 is 5.47. The third-order valence-electron chi connectivity index (χ3n) is 3.26. The van der Waals surface area contributed by atoms with Gasteiger partial charge in [-0.3, -0.25) is 20.2 Å². The molecule has 0 spiro atoms. The highest BCUT2D eigenvalue weighted by molar-refractivity contribution is 6.09. The van der Waals surface area contributed by atoms with Crippen molar-refractivity contribution in [3.63, 3.8) is 0 Å². The van der Waals surface area contributed by atoms with Crippen LogP contribution in [0.3, 0.4) is 0 Å². The molecule has 9 heteroatoms. The first kappa shape index (κ1) is 14.5. The number of rotatable bonds is 4. The van der Waals surface area contributed by atoms with Crippen molar-refractivity contribution < 1.29 is 19.4 Å². The second-order valence-corrected chi connectivity index (χ2v) is 4.67. The summed E-state index contributed by atoms with van der Waals surface area (Å²) in [5, 5.41) is 17.8. The Hall–Kier alpha value is -1.93. The minimum absolute atomic E-state index is 0.272. The lowest BCUT2D eigenvalue weighted by Crippen LogP contribution is -2.52. The molecule has 1 fully saturated rings. The Morgan fingerprint density at radius 2 is 2.40 bits per heavy atom. The van der Waals surface area contributed by atoms with E-state index in [2.05, 4.69) is 20.7 Å². The van der Waals surface area contributed by atoms with Crippen LogP contribution >= 0.6 is 0 Å². The van der Waals surface area contributed by atoms with E-state index in [9.17, 15) is 9.59 Å². The van der Waals surface area contributed by atoms with Gasteiger partial charge in [0.25, 0.3) is 5.91 Å². The second kappa shape index (κ2) is 6.02. The number of hydrogen-bond acceptors (Lipinski definition) is 6. The Kier molecular flexibility index (Phi) is 4.35. The van der Waals surface area contributed by atoms with Crippen LogP contribution in [0.1, 0.15) is 13.3 Å². The van der Waals surface area contributed by atoms with Gasteiger partial charge in [-0.1, -0.05) is 5.11 Å². The van der Waals surface area contributed by atoms with Crippen LogP contribution in [0.25, 0.3) is 10.4 Å². The molecule has 2 heterocycles. The molecule has 3 N–H and O–H groups in total. The second-order valence-electron chi connectivity index (χ2n) is 4.67. The van der Waals surface area contributed by atoms with E-state index >= 15 is 0 Å². The zero-order valence-corrected chi connectivity index (χ0v) is 10.8. The highest BCUT2D eigenvalue weighted by atomic mass is 16.5. The molecule has 2 aliphatic heterocycles. The monoisotopic (exact) mass is 281 g/mol. The van der Waals surface area contributed by atoms with Crippen molar-refractivity contribution >= 4 is 11.8 Å². The maximum atomic E-state index is 11.7. The zero-order valence-electron chi connectivity index (χ0n) is 10.8. The molecule has 0 saturated carbocycles. The van der Waals surface area contributed by atoms with E-state index < -0.39 is 36.2 Å². The van der Waals surface area contributed by atoms with E-state index in [4.69, 9.17) is 15.4 Å². The first-order valence-electron chi connectivity index (χ1n) is 6.15. The molecule has 9 nitrogen and oxygen atoms in total. The predicted octanol–water partition coefficient (Wildman–Crippen LogP) is -0.667. The lowest BCUT2D eigenvalue weighted by molar-refractivity contribution is -0.131. The Labute approximate surface area is 114 Å². The van der Waals surface area contributed by atoms with Gasteiger partial charge in [0, 0.05) is 10.5 Å². The van der Waals surface area contributed by atoms with Crippen LogP contribution in [-0.2, 0) is 14.3 Å². The molecule has 20 heavy (non-hydrogen) atoms. The molecule has 1 saturated heterocycles. The minimum atomic E-state index is -0.693. The molecule has 0 aromatic heterocycles. The smallest absolute Gasteiger partial charge is 0.253 e. The van der Waals surface area contributed by atoms with Crippen LogP contribution in [-0.4, -0.2) is 47.9 Å². The predicted molar refractivity (Wildman–Crippen MR) is 67.1 cm³/mol. The van der Waals surface area contributed by atoms with Gasteiger partial charge in [0.15, 0.2) is 0 Å². The highest BCUT2D eigenvalue weighted by Crippen LogP contribution is 2.22. The van der Waals surface area contributed by atoms with Crippen LogP contribution in [0.5, 0.6) is 0 Å². The summed E-state index contributed by atoms with van der Waals surface area (Å²) >= 11 is 0. The van der Waals surface area contributed by atoms with E-state index in [1.807, 2.05) is 0 Å². The molecule has 4 atom stereocenters. The number of ether oxygens (including phenoxy) is 1. The van der Waals surface area contributed by atoms with Crippen molar-refractivity contribution in [2.45, 2.75) is 37.8 Å². The van der Waals surface area contributed by atoms with Crippen LogP contribution in [0.4, 0.5) is 0 Å². The van der Waals surface area contributed by atoms with Gasteiger partial charge in [-0.2, -0.15) is 0 Å². The van der Waals surface area contributed by atoms with Crippen LogP contribution in [0, 0.1) is 0 Å². The van der Waals surface area contributed by atoms with Gasteiger partial charge in [-0.05, 0) is 25.0 Å². The van der Waals surface area contributed by atoms with E-state index in [1.54, 1.807) is 6.92 Å². The third-order valence-corrected chi connectivity index (χ3v) is 3.26. The number of nitrogens with one attached hydrogen (secondary N) is 2. The summed E-state index contributed by atoms with van der Waals surface area (Å²) in [4.78, 5) is 25.7. The normalized spacial score (nSPS) is 33.4. The molecule has 0 aliphatic carbocycles. The number of carbonyl (C=O) groups is 2. The largest absolute Gasteiger partial charge is 0.394 e. The standard InChI is InChI=1S/C11H15N5O4/c1-5-2-7(11(19)14-10(5)18)13-9-3-6(15-16-12)8(4-17)20-9/h2,6-9,13,17H,3-4H2,1H3,(H,14,18,19)/t6?,7-,8?,9?/m1/s1.